The minimum absolute atomic E-state index is 0.135. The van der Waals surface area contributed by atoms with Crippen molar-refractivity contribution in [1.82, 2.24) is 0 Å². The average Bonchev–Trinajstić information content (AvgIpc) is 2.04. The van der Waals surface area contributed by atoms with E-state index in [9.17, 15) is 18.1 Å². The van der Waals surface area contributed by atoms with Crippen LogP contribution >= 0.6 is 0 Å². The molecule has 0 saturated carbocycles. The smallest absolute Gasteiger partial charge is 0.475 e. The van der Waals surface area contributed by atoms with Gasteiger partial charge >= 0.3 is 18.8 Å². The first kappa shape index (κ1) is 12.2. The lowest BCUT2D eigenvalue weighted by molar-refractivity contribution is -0.480. The monoisotopic (exact) mass is 212 g/mol. The van der Waals surface area contributed by atoms with Crippen LogP contribution < -0.4 is 0 Å². The van der Waals surface area contributed by atoms with Crippen molar-refractivity contribution in [2.24, 2.45) is 10.2 Å². The summed E-state index contributed by atoms with van der Waals surface area (Å²) in [7, 11) is 0. The predicted octanol–water partition coefficient (Wildman–Crippen LogP) is 1.29. The highest BCUT2D eigenvalue weighted by Crippen LogP contribution is 2.13. The summed E-state index contributed by atoms with van der Waals surface area (Å²) in [6.07, 6.45) is -2.40. The van der Waals surface area contributed by atoms with E-state index in [1.165, 1.54) is 12.4 Å². The molecule has 0 aromatic carbocycles. The van der Waals surface area contributed by atoms with Gasteiger partial charge in [0.15, 0.2) is 0 Å². The van der Waals surface area contributed by atoms with Gasteiger partial charge in [0, 0.05) is 4.91 Å². The normalized spacial score (nSPS) is 14.6. The van der Waals surface area contributed by atoms with Crippen molar-refractivity contribution in [3.8, 4) is 0 Å². The zero-order valence-corrected chi connectivity index (χ0v) is 6.60. The number of azo groups is 1. The topological polar surface area (TPSA) is 82.1 Å². The number of carbonyl (C=O) groups is 1. The van der Waals surface area contributed by atoms with Crippen LogP contribution in [0.2, 0.25) is 0 Å². The maximum atomic E-state index is 10.6. The lowest BCUT2D eigenvalue weighted by Crippen LogP contribution is -2.21. The molecule has 0 fully saturated rings. The van der Waals surface area contributed by atoms with Gasteiger partial charge in [0.2, 0.25) is 6.20 Å². The largest absolute Gasteiger partial charge is 0.490 e. The lowest BCUT2D eigenvalue weighted by atomic mass is 10.7. The Balaban J connectivity index is 0.000000241. The molecule has 1 N–H and O–H groups in total. The van der Waals surface area contributed by atoms with E-state index in [0.29, 0.717) is 4.76 Å². The van der Waals surface area contributed by atoms with Crippen LogP contribution in [0.25, 0.3) is 0 Å². The van der Waals surface area contributed by atoms with Crippen molar-refractivity contribution >= 4 is 5.97 Å². The second-order valence-corrected chi connectivity index (χ2v) is 1.92. The minimum Gasteiger partial charge on any atom is -0.475 e. The molecule has 0 aliphatic carbocycles. The van der Waals surface area contributed by atoms with Crippen molar-refractivity contribution in [3.05, 3.63) is 17.3 Å². The zero-order valence-electron chi connectivity index (χ0n) is 6.60. The highest BCUT2D eigenvalue weighted by atomic mass is 19.4. The van der Waals surface area contributed by atoms with Crippen LogP contribution in [0.1, 0.15) is 0 Å². The molecule has 0 amide bonds. The number of alkyl halides is 3. The quantitative estimate of drug-likeness (QED) is 0.614. The van der Waals surface area contributed by atoms with E-state index in [-0.39, 0.29) is 6.67 Å². The number of hydrogen-bond acceptors (Lipinski definition) is 4. The fourth-order valence-electron chi connectivity index (χ4n) is 0.297. The van der Waals surface area contributed by atoms with Gasteiger partial charge in [0.1, 0.15) is 6.20 Å². The second-order valence-electron chi connectivity index (χ2n) is 1.92. The van der Waals surface area contributed by atoms with E-state index in [1.807, 2.05) is 0 Å². The number of halogens is 3. The Morgan fingerprint density at radius 1 is 1.50 bits per heavy atom. The number of hydrogen-bond donors (Lipinski definition) is 1. The van der Waals surface area contributed by atoms with Gasteiger partial charge in [0.25, 0.3) is 0 Å². The highest BCUT2D eigenvalue weighted by Gasteiger charge is 2.38. The van der Waals surface area contributed by atoms with Crippen LogP contribution in [0, 0.1) is 4.91 Å². The Labute approximate surface area is 75.3 Å². The van der Waals surface area contributed by atoms with Gasteiger partial charge < -0.3 is 5.11 Å². The molecule has 6 nitrogen and oxygen atoms in total. The molecule has 14 heavy (non-hydrogen) atoms. The van der Waals surface area contributed by atoms with E-state index < -0.39 is 12.1 Å². The molecule has 0 unspecified atom stereocenters. The molecule has 1 heterocycles. The Morgan fingerprint density at radius 3 is 2.14 bits per heavy atom. The Hall–Kier alpha value is -1.80. The fraction of sp³-hybridized carbons (Fsp3) is 0.400. The third-order valence-corrected chi connectivity index (χ3v) is 0.826. The molecule has 0 atom stereocenters. The third-order valence-electron chi connectivity index (χ3n) is 0.826. The summed E-state index contributed by atoms with van der Waals surface area (Å²) in [6, 6.07) is 0. The van der Waals surface area contributed by atoms with Gasteiger partial charge in [-0.1, -0.05) is 0 Å². The first-order valence-corrected chi connectivity index (χ1v) is 3.11. The first-order chi connectivity index (χ1) is 6.34. The molecule has 0 bridgehead atoms. The summed E-state index contributed by atoms with van der Waals surface area (Å²) in [5.41, 5.74) is 0. The second kappa shape index (κ2) is 5.04. The van der Waals surface area contributed by atoms with Crippen LogP contribution in [0.5, 0.6) is 0 Å². The van der Waals surface area contributed by atoms with E-state index >= 15 is 0 Å². The first-order valence-electron chi connectivity index (χ1n) is 3.11. The molecule has 9 heteroatoms. The molecule has 78 valence electrons. The summed E-state index contributed by atoms with van der Waals surface area (Å²) >= 11 is 0. The molecular weight excluding hydrogens is 207 g/mol. The van der Waals surface area contributed by atoms with Crippen LogP contribution in [0.3, 0.4) is 0 Å². The molecule has 0 aromatic heterocycles. The molecule has 1 rings (SSSR count). The van der Waals surface area contributed by atoms with E-state index in [0.717, 1.165) is 0 Å². The van der Waals surface area contributed by atoms with Crippen molar-refractivity contribution in [2.75, 3.05) is 6.67 Å². The third kappa shape index (κ3) is 5.80. The van der Waals surface area contributed by atoms with Gasteiger partial charge in [-0.3, -0.25) is 0 Å². The molecule has 0 radical (unpaired) electrons. The summed E-state index contributed by atoms with van der Waals surface area (Å²) in [5.74, 6) is -2.76. The van der Waals surface area contributed by atoms with Crippen LogP contribution in [-0.4, -0.2) is 28.7 Å². The average molecular weight is 212 g/mol. The lowest BCUT2D eigenvalue weighted by Gasteiger charge is -1.93. The van der Waals surface area contributed by atoms with Crippen LogP contribution in [-0.2, 0) is 4.79 Å². The summed E-state index contributed by atoms with van der Waals surface area (Å²) in [6.45, 7) is 0.135. The van der Waals surface area contributed by atoms with Gasteiger partial charge in [-0.2, -0.15) is 18.3 Å². The standard InChI is InChI=1S/C3H4N3O.C2HF3O2/c7-6-2-1-4-5-3-6;3-2(4,5)1(6)7/h1-2H,3H2;(H,6,7)/q+1;. The van der Waals surface area contributed by atoms with Crippen molar-refractivity contribution < 1.29 is 27.8 Å². The number of rotatable bonds is 0. The highest BCUT2D eigenvalue weighted by molar-refractivity contribution is 5.73. The van der Waals surface area contributed by atoms with Crippen LogP contribution in [0.4, 0.5) is 13.2 Å². The molecule has 1 aliphatic rings. The molecule has 0 spiro atoms. The van der Waals surface area contributed by atoms with E-state index in [2.05, 4.69) is 10.2 Å². The predicted molar refractivity (Wildman–Crippen MR) is 36.2 cm³/mol. The van der Waals surface area contributed by atoms with Gasteiger partial charge in [0.05, 0.1) is 4.76 Å². The van der Waals surface area contributed by atoms with Crippen molar-refractivity contribution in [1.29, 1.82) is 0 Å². The van der Waals surface area contributed by atoms with Gasteiger partial charge in [-0.05, 0) is 0 Å². The summed E-state index contributed by atoms with van der Waals surface area (Å²) in [4.78, 5) is 19.0. The van der Waals surface area contributed by atoms with Gasteiger partial charge in [-0.15, -0.1) is 5.11 Å². The van der Waals surface area contributed by atoms with Crippen molar-refractivity contribution in [2.45, 2.75) is 6.18 Å². The summed E-state index contributed by atoms with van der Waals surface area (Å²) < 4.78 is 32.4. The summed E-state index contributed by atoms with van der Waals surface area (Å²) in [5, 5.41) is 14.0. The molecule has 0 aromatic rings. The SMILES string of the molecule is O=C(O)C(F)(F)F.O=[N+]1C=CN=NC1. The molecular formula is C5H5F3N3O3+. The van der Waals surface area contributed by atoms with Gasteiger partial charge in [-0.25, -0.2) is 4.79 Å². The zero-order chi connectivity index (χ0) is 11.2. The van der Waals surface area contributed by atoms with E-state index in [1.54, 1.807) is 0 Å². The number of carboxylic acids is 1. The molecule has 1 aliphatic heterocycles. The Morgan fingerprint density at radius 2 is 2.00 bits per heavy atom. The number of nitrogens with zero attached hydrogens (tertiary/aromatic N) is 3. The van der Waals surface area contributed by atoms with Crippen molar-refractivity contribution in [3.63, 3.8) is 0 Å². The minimum atomic E-state index is -5.08. The maximum Gasteiger partial charge on any atom is 0.490 e. The maximum absolute atomic E-state index is 10.6. The Bertz CT molecular complexity index is 284. The van der Waals surface area contributed by atoms with Crippen LogP contribution in [0.15, 0.2) is 22.6 Å². The fourth-order valence-corrected chi connectivity index (χ4v) is 0.297. The molecule has 0 saturated heterocycles. The number of nitroso groups, excluding NO2 is 1. The van der Waals surface area contributed by atoms with E-state index in [4.69, 9.17) is 9.90 Å². The number of carboxylic acid groups (broad SMARTS) is 1. The Kier molecular flexibility index (Phi) is 4.40. The number of aliphatic carboxylic acids is 1.